The number of imide groups is 1. The Morgan fingerprint density at radius 1 is 1.04 bits per heavy atom. The number of carbonyl (C=O) groups excluding carboxylic acids is 4. The lowest BCUT2D eigenvalue weighted by molar-refractivity contribution is -0.142. The van der Waals surface area contributed by atoms with E-state index in [-0.39, 0.29) is 18.3 Å². The second-order valence-electron chi connectivity index (χ2n) is 7.16. The standard InChI is InChI=1S/C19H25N3O4.ClH/c1-9(2)12(16(23)13-10(3)18(25)22-19(13)26)14(17(21)24)15(20)11-7-5-4-6-8-11;/h4-10,12-15H,20H2,1-3H3,(H2,21,24)(H,22,25,26);1H/t10-,12-,13+,14-,15?;/m0./s1. The molecule has 1 fully saturated rings. The lowest BCUT2D eigenvalue weighted by Crippen LogP contribution is -2.46. The largest absolute Gasteiger partial charge is 0.369 e. The summed E-state index contributed by atoms with van der Waals surface area (Å²) in [6, 6.07) is 8.11. The van der Waals surface area contributed by atoms with E-state index < -0.39 is 53.2 Å². The average Bonchev–Trinajstić information content (AvgIpc) is 2.83. The highest BCUT2D eigenvalue weighted by atomic mass is 35.5. The molecule has 3 amide bonds. The van der Waals surface area contributed by atoms with Crippen LogP contribution in [0.4, 0.5) is 0 Å². The number of Topliss-reactive ketones (excluding diaryl/α,β-unsaturated/α-hetero) is 1. The Bertz CT molecular complexity index is 723. The Labute approximate surface area is 164 Å². The van der Waals surface area contributed by atoms with Gasteiger partial charge in [0.15, 0.2) is 0 Å². The van der Waals surface area contributed by atoms with Crippen LogP contribution in [-0.4, -0.2) is 23.5 Å². The number of amides is 3. The van der Waals surface area contributed by atoms with Gasteiger partial charge in [-0.2, -0.15) is 0 Å². The van der Waals surface area contributed by atoms with Crippen LogP contribution in [0.3, 0.4) is 0 Å². The predicted octanol–water partition coefficient (Wildman–Crippen LogP) is 0.960. The summed E-state index contributed by atoms with van der Waals surface area (Å²) in [4.78, 5) is 49.2. The summed E-state index contributed by atoms with van der Waals surface area (Å²) < 4.78 is 0. The van der Waals surface area contributed by atoms with Crippen molar-refractivity contribution in [3.8, 4) is 0 Å². The maximum Gasteiger partial charge on any atom is 0.237 e. The van der Waals surface area contributed by atoms with Crippen LogP contribution in [-0.2, 0) is 19.2 Å². The summed E-state index contributed by atoms with van der Waals surface area (Å²) in [7, 11) is 0. The van der Waals surface area contributed by atoms with Gasteiger partial charge >= 0.3 is 0 Å². The fraction of sp³-hybridized carbons (Fsp3) is 0.474. The molecule has 1 aromatic rings. The molecule has 27 heavy (non-hydrogen) atoms. The molecular weight excluding hydrogens is 370 g/mol. The monoisotopic (exact) mass is 395 g/mol. The lowest BCUT2D eigenvalue weighted by Gasteiger charge is -2.33. The molecule has 5 N–H and O–H groups in total. The molecule has 0 aromatic heterocycles. The average molecular weight is 396 g/mol. The van der Waals surface area contributed by atoms with Gasteiger partial charge in [-0.3, -0.25) is 24.5 Å². The fourth-order valence-electron chi connectivity index (χ4n) is 3.65. The first-order valence-corrected chi connectivity index (χ1v) is 8.65. The molecular formula is C19H26ClN3O4. The minimum absolute atomic E-state index is 0. The topological polar surface area (TPSA) is 132 Å². The van der Waals surface area contributed by atoms with E-state index in [0.29, 0.717) is 5.56 Å². The minimum Gasteiger partial charge on any atom is -0.369 e. The zero-order valence-corrected chi connectivity index (χ0v) is 16.4. The summed E-state index contributed by atoms with van der Waals surface area (Å²) >= 11 is 0. The van der Waals surface area contributed by atoms with Crippen LogP contribution in [0.5, 0.6) is 0 Å². The third-order valence-corrected chi connectivity index (χ3v) is 5.08. The number of hydrogen-bond acceptors (Lipinski definition) is 5. The molecule has 0 bridgehead atoms. The van der Waals surface area contributed by atoms with Crippen LogP contribution in [0.25, 0.3) is 0 Å². The van der Waals surface area contributed by atoms with Crippen LogP contribution in [0.15, 0.2) is 30.3 Å². The second kappa shape index (κ2) is 9.10. The fourth-order valence-corrected chi connectivity index (χ4v) is 3.65. The number of carbonyl (C=O) groups is 4. The van der Waals surface area contributed by atoms with Gasteiger partial charge in [0.1, 0.15) is 11.7 Å². The van der Waals surface area contributed by atoms with Gasteiger partial charge in [0, 0.05) is 12.0 Å². The number of rotatable bonds is 7. The Kier molecular flexibility index (Phi) is 7.68. The third-order valence-electron chi connectivity index (χ3n) is 5.08. The molecule has 5 atom stereocenters. The van der Waals surface area contributed by atoms with Crippen LogP contribution in [0.1, 0.15) is 32.4 Å². The minimum atomic E-state index is -1.13. The third kappa shape index (κ3) is 4.54. The van der Waals surface area contributed by atoms with Gasteiger partial charge in [0.25, 0.3) is 0 Å². The number of benzene rings is 1. The summed E-state index contributed by atoms with van der Waals surface area (Å²) in [5, 5.41) is 2.17. The van der Waals surface area contributed by atoms with Crippen molar-refractivity contribution in [2.75, 3.05) is 0 Å². The lowest BCUT2D eigenvalue weighted by atomic mass is 9.70. The molecule has 2 rings (SSSR count). The Morgan fingerprint density at radius 3 is 2.00 bits per heavy atom. The highest BCUT2D eigenvalue weighted by Crippen LogP contribution is 2.35. The van der Waals surface area contributed by atoms with Gasteiger partial charge in [0.2, 0.25) is 17.7 Å². The SMILES string of the molecule is CC(C)[C@H](C(=O)[C@@H]1C(=O)NC(=O)[C@H]1C)[C@H](C(N)=O)C(N)c1ccccc1.Cl. The van der Waals surface area contributed by atoms with Crippen molar-refractivity contribution in [3.05, 3.63) is 35.9 Å². The molecule has 0 radical (unpaired) electrons. The van der Waals surface area contributed by atoms with E-state index in [2.05, 4.69) is 5.32 Å². The Morgan fingerprint density at radius 2 is 1.59 bits per heavy atom. The van der Waals surface area contributed by atoms with E-state index in [1.807, 2.05) is 6.07 Å². The van der Waals surface area contributed by atoms with Crippen molar-refractivity contribution in [2.24, 2.45) is 41.1 Å². The van der Waals surface area contributed by atoms with Crippen LogP contribution in [0.2, 0.25) is 0 Å². The molecule has 1 unspecified atom stereocenters. The first-order chi connectivity index (χ1) is 12.2. The summed E-state index contributed by atoms with van der Waals surface area (Å²) in [6.07, 6.45) is 0. The second-order valence-corrected chi connectivity index (χ2v) is 7.16. The number of hydrogen-bond donors (Lipinski definition) is 3. The highest BCUT2D eigenvalue weighted by molar-refractivity contribution is 6.16. The molecule has 8 heteroatoms. The molecule has 1 aliphatic heterocycles. The van der Waals surface area contributed by atoms with Crippen LogP contribution < -0.4 is 16.8 Å². The number of nitrogens with two attached hydrogens (primary N) is 2. The first-order valence-electron chi connectivity index (χ1n) is 8.65. The summed E-state index contributed by atoms with van der Waals surface area (Å²) in [5.74, 6) is -6.33. The highest BCUT2D eigenvalue weighted by Gasteiger charge is 2.49. The number of nitrogens with one attached hydrogen (secondary N) is 1. The molecule has 148 valence electrons. The smallest absolute Gasteiger partial charge is 0.237 e. The van der Waals surface area contributed by atoms with E-state index in [1.54, 1.807) is 38.1 Å². The number of primary amides is 1. The zero-order chi connectivity index (χ0) is 19.6. The van der Waals surface area contributed by atoms with Crippen molar-refractivity contribution in [1.82, 2.24) is 5.32 Å². The van der Waals surface area contributed by atoms with Crippen molar-refractivity contribution >= 4 is 35.9 Å². The normalized spacial score (nSPS) is 22.6. The summed E-state index contributed by atoms with van der Waals surface area (Å²) in [5.41, 5.74) is 12.6. The van der Waals surface area contributed by atoms with E-state index in [0.717, 1.165) is 0 Å². The first kappa shape index (κ1) is 22.8. The predicted molar refractivity (Wildman–Crippen MR) is 102 cm³/mol. The maximum atomic E-state index is 13.2. The molecule has 1 heterocycles. The van der Waals surface area contributed by atoms with E-state index in [4.69, 9.17) is 11.5 Å². The van der Waals surface area contributed by atoms with Crippen molar-refractivity contribution < 1.29 is 19.2 Å². The van der Waals surface area contributed by atoms with Gasteiger partial charge < -0.3 is 11.5 Å². The number of halogens is 1. The van der Waals surface area contributed by atoms with Gasteiger partial charge in [-0.1, -0.05) is 51.1 Å². The van der Waals surface area contributed by atoms with Gasteiger partial charge in [0.05, 0.1) is 11.8 Å². The van der Waals surface area contributed by atoms with Crippen LogP contribution >= 0.6 is 12.4 Å². The Balaban J connectivity index is 0.00000364. The maximum absolute atomic E-state index is 13.2. The quantitative estimate of drug-likeness (QED) is 0.467. The molecule has 0 saturated carbocycles. The summed E-state index contributed by atoms with van der Waals surface area (Å²) in [6.45, 7) is 5.07. The molecule has 1 saturated heterocycles. The molecule has 0 aliphatic carbocycles. The molecule has 0 spiro atoms. The number of ketones is 1. The van der Waals surface area contributed by atoms with Crippen LogP contribution in [0, 0.1) is 29.6 Å². The van der Waals surface area contributed by atoms with Crippen molar-refractivity contribution in [2.45, 2.75) is 26.8 Å². The van der Waals surface area contributed by atoms with E-state index >= 15 is 0 Å². The Hall–Kier alpha value is -2.25. The van der Waals surface area contributed by atoms with Crippen molar-refractivity contribution in [3.63, 3.8) is 0 Å². The van der Waals surface area contributed by atoms with Gasteiger partial charge in [-0.25, -0.2) is 0 Å². The van der Waals surface area contributed by atoms with Gasteiger partial charge in [-0.15, -0.1) is 12.4 Å². The molecule has 7 nitrogen and oxygen atoms in total. The van der Waals surface area contributed by atoms with E-state index in [1.165, 1.54) is 6.92 Å². The van der Waals surface area contributed by atoms with Gasteiger partial charge in [-0.05, 0) is 11.5 Å². The van der Waals surface area contributed by atoms with E-state index in [9.17, 15) is 19.2 Å². The molecule has 1 aliphatic rings. The van der Waals surface area contributed by atoms with Crippen molar-refractivity contribution in [1.29, 1.82) is 0 Å². The zero-order valence-electron chi connectivity index (χ0n) is 15.5. The molecule has 1 aromatic carbocycles.